The van der Waals surface area contributed by atoms with Crippen LogP contribution in [0.15, 0.2) is 54.6 Å². The molecule has 1 aromatic heterocycles. The van der Waals surface area contributed by atoms with Gasteiger partial charge in [0.2, 0.25) is 0 Å². The van der Waals surface area contributed by atoms with E-state index in [2.05, 4.69) is 29.4 Å². The van der Waals surface area contributed by atoms with Gasteiger partial charge >= 0.3 is 0 Å². The smallest absolute Gasteiger partial charge is 0.154 e. The Hall–Kier alpha value is -3.32. The minimum atomic E-state index is 0.502. The lowest BCUT2D eigenvalue weighted by atomic mass is 10.0. The molecule has 25 heavy (non-hydrogen) atoms. The highest BCUT2D eigenvalue weighted by Gasteiger charge is 2.17. The lowest BCUT2D eigenvalue weighted by Gasteiger charge is -2.16. The molecule has 2 aromatic carbocycles. The summed E-state index contributed by atoms with van der Waals surface area (Å²) in [5.74, 6) is 0.580. The number of nitrogens with zero attached hydrogens (tertiary/aromatic N) is 2. The Labute approximate surface area is 148 Å². The highest BCUT2D eigenvalue weighted by Crippen LogP contribution is 2.33. The van der Waals surface area contributed by atoms with E-state index in [0.717, 1.165) is 23.2 Å². The number of aromatic nitrogens is 1. The van der Waals surface area contributed by atoms with Crippen LogP contribution in [-0.2, 0) is 6.42 Å². The zero-order chi connectivity index (χ0) is 17.8. The number of benzene rings is 2. The fraction of sp³-hybridized carbons (Fsp3) is 0.143. The molecule has 124 valence electrons. The van der Waals surface area contributed by atoms with Crippen LogP contribution in [0.25, 0.3) is 11.3 Å². The number of hydrogen-bond donors (Lipinski definition) is 2. The molecular formula is C21H20N4. The number of hydrogen-bond acceptors (Lipinski definition) is 4. The van der Waals surface area contributed by atoms with Crippen molar-refractivity contribution in [3.63, 3.8) is 0 Å². The monoisotopic (exact) mass is 328 g/mol. The molecule has 0 bridgehead atoms. The van der Waals surface area contributed by atoms with Crippen LogP contribution >= 0.6 is 0 Å². The lowest BCUT2D eigenvalue weighted by Crippen LogP contribution is -2.06. The lowest BCUT2D eigenvalue weighted by molar-refractivity contribution is 1.14. The van der Waals surface area contributed by atoms with E-state index in [4.69, 9.17) is 5.73 Å². The van der Waals surface area contributed by atoms with Crippen molar-refractivity contribution < 1.29 is 0 Å². The van der Waals surface area contributed by atoms with Crippen molar-refractivity contribution in [3.05, 3.63) is 71.3 Å². The molecule has 4 nitrogen and oxygen atoms in total. The molecule has 0 unspecified atom stereocenters. The SMILES string of the molecule is CCc1ccccc1Nc1nc(-c2ccccc2)c(C#N)c(C)c1N. The van der Waals surface area contributed by atoms with Crippen LogP contribution in [0.4, 0.5) is 17.2 Å². The van der Waals surface area contributed by atoms with Gasteiger partial charge in [-0.2, -0.15) is 5.26 Å². The maximum Gasteiger partial charge on any atom is 0.154 e. The van der Waals surface area contributed by atoms with E-state index in [9.17, 15) is 5.26 Å². The molecule has 3 rings (SSSR count). The Morgan fingerprint density at radius 3 is 2.44 bits per heavy atom. The molecule has 3 aromatic rings. The quantitative estimate of drug-likeness (QED) is 0.720. The second kappa shape index (κ2) is 7.06. The first-order chi connectivity index (χ1) is 12.2. The van der Waals surface area contributed by atoms with Crippen molar-refractivity contribution >= 4 is 17.2 Å². The predicted octanol–water partition coefficient (Wildman–Crippen LogP) is 4.82. The van der Waals surface area contributed by atoms with E-state index in [0.29, 0.717) is 22.8 Å². The number of aryl methyl sites for hydroxylation is 1. The van der Waals surface area contributed by atoms with Crippen molar-refractivity contribution in [2.75, 3.05) is 11.1 Å². The molecule has 3 N–H and O–H groups in total. The second-order valence-corrected chi connectivity index (χ2v) is 5.84. The van der Waals surface area contributed by atoms with E-state index < -0.39 is 0 Å². The Balaban J connectivity index is 2.15. The third-order valence-corrected chi connectivity index (χ3v) is 4.30. The molecule has 0 amide bonds. The average Bonchev–Trinajstić information content (AvgIpc) is 2.66. The van der Waals surface area contributed by atoms with E-state index >= 15 is 0 Å². The topological polar surface area (TPSA) is 74.7 Å². The summed E-state index contributed by atoms with van der Waals surface area (Å²) in [6, 6.07) is 20.0. The predicted molar refractivity (Wildman–Crippen MR) is 103 cm³/mol. The first-order valence-corrected chi connectivity index (χ1v) is 8.26. The van der Waals surface area contributed by atoms with Gasteiger partial charge in [-0.25, -0.2) is 4.98 Å². The van der Waals surface area contributed by atoms with Gasteiger partial charge in [0, 0.05) is 11.3 Å². The first kappa shape index (κ1) is 16.5. The summed E-state index contributed by atoms with van der Waals surface area (Å²) in [5.41, 5.74) is 11.7. The highest BCUT2D eigenvalue weighted by atomic mass is 15.0. The van der Waals surface area contributed by atoms with Crippen LogP contribution < -0.4 is 11.1 Å². The van der Waals surface area contributed by atoms with Gasteiger partial charge in [0.05, 0.1) is 16.9 Å². The molecule has 0 saturated heterocycles. The molecule has 0 spiro atoms. The summed E-state index contributed by atoms with van der Waals surface area (Å²) in [6.45, 7) is 3.97. The van der Waals surface area contributed by atoms with Crippen LogP contribution in [0, 0.1) is 18.3 Å². The molecular weight excluding hydrogens is 308 g/mol. The number of anilines is 3. The van der Waals surface area contributed by atoms with Crippen LogP contribution in [-0.4, -0.2) is 4.98 Å². The summed E-state index contributed by atoms with van der Waals surface area (Å²) in [5, 5.41) is 12.9. The fourth-order valence-electron chi connectivity index (χ4n) is 2.83. The van der Waals surface area contributed by atoms with Crippen molar-refractivity contribution in [3.8, 4) is 17.3 Å². The largest absolute Gasteiger partial charge is 0.395 e. The third kappa shape index (κ3) is 3.17. The van der Waals surface area contributed by atoms with Crippen molar-refractivity contribution in [1.82, 2.24) is 4.98 Å². The zero-order valence-electron chi connectivity index (χ0n) is 14.4. The van der Waals surface area contributed by atoms with Gasteiger partial charge in [-0.15, -0.1) is 0 Å². The second-order valence-electron chi connectivity index (χ2n) is 5.84. The molecule has 0 saturated carbocycles. The highest BCUT2D eigenvalue weighted by molar-refractivity contribution is 5.81. The van der Waals surface area contributed by atoms with Gasteiger partial charge in [-0.1, -0.05) is 55.5 Å². The minimum Gasteiger partial charge on any atom is -0.395 e. The molecule has 0 aliphatic heterocycles. The standard InChI is InChI=1S/C21H20N4/c1-3-15-9-7-8-12-18(15)24-21-19(23)14(2)17(13-22)20(25-21)16-10-5-4-6-11-16/h4-12H,3,23H2,1-2H3,(H,24,25). The van der Waals surface area contributed by atoms with E-state index in [-0.39, 0.29) is 0 Å². The molecule has 0 atom stereocenters. The summed E-state index contributed by atoms with van der Waals surface area (Å²) >= 11 is 0. The van der Waals surface area contributed by atoms with E-state index in [1.165, 1.54) is 5.56 Å². The van der Waals surface area contributed by atoms with Gasteiger partial charge in [0.25, 0.3) is 0 Å². The molecule has 1 heterocycles. The summed E-state index contributed by atoms with van der Waals surface area (Å²) in [6.07, 6.45) is 0.907. The Morgan fingerprint density at radius 1 is 1.08 bits per heavy atom. The number of pyridine rings is 1. The summed E-state index contributed by atoms with van der Waals surface area (Å²) in [4.78, 5) is 4.69. The van der Waals surface area contributed by atoms with Crippen molar-refractivity contribution in [2.45, 2.75) is 20.3 Å². The molecule has 0 radical (unpaired) electrons. The van der Waals surface area contributed by atoms with E-state index in [1.807, 2.05) is 55.5 Å². The normalized spacial score (nSPS) is 10.3. The number of nitrogens with two attached hydrogens (primary N) is 1. The number of rotatable bonds is 4. The zero-order valence-corrected chi connectivity index (χ0v) is 14.4. The van der Waals surface area contributed by atoms with Gasteiger partial charge in [-0.3, -0.25) is 0 Å². The molecule has 0 aliphatic rings. The molecule has 0 fully saturated rings. The van der Waals surface area contributed by atoms with Crippen LogP contribution in [0.1, 0.15) is 23.6 Å². The van der Waals surface area contributed by atoms with Crippen molar-refractivity contribution in [2.24, 2.45) is 0 Å². The Kier molecular flexibility index (Phi) is 4.67. The molecule has 0 aliphatic carbocycles. The Bertz CT molecular complexity index is 940. The number of nitriles is 1. The van der Waals surface area contributed by atoms with Crippen LogP contribution in [0.5, 0.6) is 0 Å². The van der Waals surface area contributed by atoms with Crippen molar-refractivity contribution in [1.29, 1.82) is 5.26 Å². The number of para-hydroxylation sites is 1. The van der Waals surface area contributed by atoms with Gasteiger partial charge in [0.1, 0.15) is 6.07 Å². The van der Waals surface area contributed by atoms with Crippen LogP contribution in [0.3, 0.4) is 0 Å². The maximum absolute atomic E-state index is 9.58. The third-order valence-electron chi connectivity index (χ3n) is 4.30. The van der Waals surface area contributed by atoms with Gasteiger partial charge in [-0.05, 0) is 30.5 Å². The number of nitrogens with one attached hydrogen (secondary N) is 1. The first-order valence-electron chi connectivity index (χ1n) is 8.26. The minimum absolute atomic E-state index is 0.502. The van der Waals surface area contributed by atoms with Gasteiger partial charge in [0.15, 0.2) is 5.82 Å². The average molecular weight is 328 g/mol. The Morgan fingerprint density at radius 2 is 1.76 bits per heavy atom. The fourth-order valence-corrected chi connectivity index (χ4v) is 2.83. The summed E-state index contributed by atoms with van der Waals surface area (Å²) < 4.78 is 0. The molecule has 4 heteroatoms. The van der Waals surface area contributed by atoms with Gasteiger partial charge < -0.3 is 11.1 Å². The van der Waals surface area contributed by atoms with Crippen LogP contribution in [0.2, 0.25) is 0 Å². The maximum atomic E-state index is 9.58. The van der Waals surface area contributed by atoms with E-state index in [1.54, 1.807) is 0 Å². The number of nitrogen functional groups attached to an aromatic ring is 1. The summed E-state index contributed by atoms with van der Waals surface area (Å²) in [7, 11) is 0.